The summed E-state index contributed by atoms with van der Waals surface area (Å²) in [6.45, 7) is 2.12. The van der Waals surface area contributed by atoms with Crippen molar-refractivity contribution in [1.82, 2.24) is 14.8 Å². The minimum Gasteiger partial charge on any atom is -0.345 e. The molecule has 0 unspecified atom stereocenters. The van der Waals surface area contributed by atoms with E-state index in [1.807, 2.05) is 48.3 Å². The van der Waals surface area contributed by atoms with Gasteiger partial charge in [0.25, 0.3) is 0 Å². The van der Waals surface area contributed by atoms with Gasteiger partial charge in [0.05, 0.1) is 11.1 Å². The van der Waals surface area contributed by atoms with Crippen LogP contribution in [-0.4, -0.2) is 46.9 Å². The van der Waals surface area contributed by atoms with Crippen LogP contribution in [0, 0.1) is 0 Å². The zero-order chi connectivity index (χ0) is 33.6. The summed E-state index contributed by atoms with van der Waals surface area (Å²) in [6, 6.07) is 21.4. The second kappa shape index (κ2) is 14.4. The maximum atomic E-state index is 13.6. The molecule has 1 saturated heterocycles. The lowest BCUT2D eigenvalue weighted by Gasteiger charge is -2.38. The fourth-order valence-corrected chi connectivity index (χ4v) is 5.62. The van der Waals surface area contributed by atoms with Crippen LogP contribution in [0.4, 0.5) is 37.7 Å². The molecule has 1 amide bonds. The molecule has 0 atom stereocenters. The smallest absolute Gasteiger partial charge is 0.345 e. The van der Waals surface area contributed by atoms with E-state index in [0.717, 1.165) is 46.8 Å². The fraction of sp³-hybridized carbons (Fsp3) is 0.278. The minimum atomic E-state index is -4.45. The van der Waals surface area contributed by atoms with Crippen LogP contribution >= 0.6 is 0 Å². The van der Waals surface area contributed by atoms with Gasteiger partial charge in [-0.15, -0.1) is 0 Å². The molecule has 1 aliphatic rings. The van der Waals surface area contributed by atoms with Gasteiger partial charge >= 0.3 is 12.4 Å². The third-order valence-corrected chi connectivity index (χ3v) is 8.35. The molecule has 3 aromatic carbocycles. The Morgan fingerprint density at radius 1 is 0.766 bits per heavy atom. The number of halogens is 6. The molecule has 5 rings (SSSR count). The number of amides is 1. The van der Waals surface area contributed by atoms with Crippen molar-refractivity contribution in [2.24, 2.45) is 0 Å². The molecule has 0 N–H and O–H groups in total. The number of hydrogen-bond donors (Lipinski definition) is 0. The molecule has 0 spiro atoms. The van der Waals surface area contributed by atoms with Crippen LogP contribution in [0.2, 0.25) is 0 Å². The van der Waals surface area contributed by atoms with Crippen LogP contribution in [0.15, 0.2) is 103 Å². The Balaban J connectivity index is 1.28. The van der Waals surface area contributed by atoms with Crippen LogP contribution in [0.5, 0.6) is 0 Å². The van der Waals surface area contributed by atoms with Crippen molar-refractivity contribution in [2.45, 2.75) is 44.3 Å². The molecule has 246 valence electrons. The van der Waals surface area contributed by atoms with Crippen molar-refractivity contribution in [3.05, 3.63) is 131 Å². The van der Waals surface area contributed by atoms with Crippen molar-refractivity contribution in [3.63, 3.8) is 0 Å². The first-order chi connectivity index (χ1) is 22.4. The fourth-order valence-electron chi connectivity index (χ4n) is 5.62. The molecule has 47 heavy (non-hydrogen) atoms. The maximum Gasteiger partial charge on any atom is 0.416 e. The quantitative estimate of drug-likeness (QED) is 0.134. The van der Waals surface area contributed by atoms with Crippen LogP contribution in [0.3, 0.4) is 0 Å². The first kappa shape index (κ1) is 33.7. The van der Waals surface area contributed by atoms with Gasteiger partial charge in [-0.05, 0) is 84.1 Å². The SMILES string of the molecule is CN(c1ccncc1)c1ccc(CN(C(=O)/C=C/c2ccc(C(F)(F)F)cc2)C2CCN(Cc3ccc(C(F)(F)F)cc3)CC2)cc1. The molecule has 0 aliphatic carbocycles. The standard InChI is InChI=1S/C36H34F6N4O/c1-44(32-16-20-43-21-17-32)31-13-6-28(7-14-31)25-46(34(47)15-8-26-2-9-29(10-3-26)35(37,38)39)33-18-22-45(23-19-33)24-27-4-11-30(12-5-27)36(40,41)42/h2-17,20-21,33H,18-19,22-25H2,1H3/b15-8+. The summed E-state index contributed by atoms with van der Waals surface area (Å²) < 4.78 is 77.8. The summed E-state index contributed by atoms with van der Waals surface area (Å²) in [5.41, 5.74) is 2.65. The van der Waals surface area contributed by atoms with Crippen molar-refractivity contribution < 1.29 is 31.1 Å². The number of alkyl halides is 6. The third kappa shape index (κ3) is 9.00. The first-order valence-corrected chi connectivity index (χ1v) is 15.1. The molecule has 1 fully saturated rings. The van der Waals surface area contributed by atoms with Crippen molar-refractivity contribution in [3.8, 4) is 0 Å². The number of likely N-dealkylation sites (tertiary alicyclic amines) is 1. The molecule has 4 aromatic rings. The number of pyridine rings is 1. The number of carbonyl (C=O) groups excluding carboxylic acids is 1. The summed E-state index contributed by atoms with van der Waals surface area (Å²) in [7, 11) is 1.95. The second-order valence-corrected chi connectivity index (χ2v) is 11.6. The average molecular weight is 653 g/mol. The van der Waals surface area contributed by atoms with Gasteiger partial charge in [0.2, 0.25) is 5.91 Å². The van der Waals surface area contributed by atoms with Crippen molar-refractivity contribution in [2.75, 3.05) is 25.0 Å². The van der Waals surface area contributed by atoms with E-state index in [1.165, 1.54) is 36.4 Å². The highest BCUT2D eigenvalue weighted by Gasteiger charge is 2.31. The van der Waals surface area contributed by atoms with Gasteiger partial charge in [0.1, 0.15) is 0 Å². The number of aromatic nitrogens is 1. The van der Waals surface area contributed by atoms with Gasteiger partial charge in [-0.1, -0.05) is 36.4 Å². The average Bonchev–Trinajstić information content (AvgIpc) is 3.06. The van der Waals surface area contributed by atoms with Gasteiger partial charge < -0.3 is 9.80 Å². The molecule has 2 heterocycles. The summed E-state index contributed by atoms with van der Waals surface area (Å²) in [4.78, 5) is 23.7. The van der Waals surface area contributed by atoms with Crippen LogP contribution < -0.4 is 4.90 Å². The van der Waals surface area contributed by atoms with Crippen molar-refractivity contribution in [1.29, 1.82) is 0 Å². The highest BCUT2D eigenvalue weighted by molar-refractivity contribution is 5.92. The van der Waals surface area contributed by atoms with E-state index in [9.17, 15) is 31.1 Å². The molecule has 1 aromatic heterocycles. The van der Waals surface area contributed by atoms with Gasteiger partial charge in [-0.2, -0.15) is 26.3 Å². The topological polar surface area (TPSA) is 39.7 Å². The lowest BCUT2D eigenvalue weighted by atomic mass is 10.0. The molecule has 0 radical (unpaired) electrons. The maximum absolute atomic E-state index is 13.6. The first-order valence-electron chi connectivity index (χ1n) is 15.1. The Morgan fingerprint density at radius 2 is 1.28 bits per heavy atom. The molecule has 0 bridgehead atoms. The predicted molar refractivity (Wildman–Crippen MR) is 170 cm³/mol. The number of hydrogen-bond acceptors (Lipinski definition) is 4. The van der Waals surface area contributed by atoms with Crippen LogP contribution in [-0.2, 0) is 30.2 Å². The Morgan fingerprint density at radius 3 is 1.83 bits per heavy atom. The van der Waals surface area contributed by atoms with E-state index in [0.29, 0.717) is 44.6 Å². The second-order valence-electron chi connectivity index (χ2n) is 11.6. The van der Waals surface area contributed by atoms with Crippen LogP contribution in [0.25, 0.3) is 6.08 Å². The Bertz CT molecular complexity index is 1630. The lowest BCUT2D eigenvalue weighted by Crippen LogP contribution is -2.46. The number of carbonyl (C=O) groups is 1. The summed E-state index contributed by atoms with van der Waals surface area (Å²) in [5.74, 6) is -0.260. The van der Waals surface area contributed by atoms with E-state index in [-0.39, 0.29) is 11.9 Å². The van der Waals surface area contributed by atoms with E-state index in [1.54, 1.807) is 17.3 Å². The molecule has 1 aliphatic heterocycles. The summed E-state index contributed by atoms with van der Waals surface area (Å²) >= 11 is 0. The molecular weight excluding hydrogens is 618 g/mol. The monoisotopic (exact) mass is 652 g/mol. The van der Waals surface area contributed by atoms with Crippen molar-refractivity contribution >= 4 is 23.4 Å². The largest absolute Gasteiger partial charge is 0.416 e. The minimum absolute atomic E-state index is 0.109. The molecular formula is C36H34F6N4O. The van der Waals surface area contributed by atoms with Gasteiger partial charge in [0.15, 0.2) is 0 Å². The van der Waals surface area contributed by atoms with Gasteiger partial charge in [-0.3, -0.25) is 14.7 Å². The summed E-state index contributed by atoms with van der Waals surface area (Å²) in [6.07, 6.45) is -1.17. The zero-order valence-corrected chi connectivity index (χ0v) is 25.7. The number of rotatable bonds is 9. The third-order valence-electron chi connectivity index (χ3n) is 8.35. The van der Waals surface area contributed by atoms with Crippen LogP contribution in [0.1, 0.15) is 40.7 Å². The normalized spacial score (nSPS) is 14.8. The molecule has 11 heteroatoms. The highest BCUT2D eigenvalue weighted by atomic mass is 19.4. The van der Waals surface area contributed by atoms with E-state index in [2.05, 4.69) is 9.88 Å². The number of benzene rings is 3. The van der Waals surface area contributed by atoms with Gasteiger partial charge in [0, 0.05) is 69.1 Å². The van der Waals surface area contributed by atoms with E-state index >= 15 is 0 Å². The zero-order valence-electron chi connectivity index (χ0n) is 25.7. The predicted octanol–water partition coefficient (Wildman–Crippen LogP) is 8.59. The number of anilines is 2. The highest BCUT2D eigenvalue weighted by Crippen LogP contribution is 2.31. The lowest BCUT2D eigenvalue weighted by molar-refractivity contribution is -0.138. The Hall–Kier alpha value is -4.64. The Labute approximate surface area is 269 Å². The van der Waals surface area contributed by atoms with Gasteiger partial charge in [-0.25, -0.2) is 0 Å². The molecule has 5 nitrogen and oxygen atoms in total. The van der Waals surface area contributed by atoms with E-state index < -0.39 is 23.5 Å². The number of piperidine rings is 1. The molecule has 0 saturated carbocycles. The van der Waals surface area contributed by atoms with E-state index in [4.69, 9.17) is 0 Å². The summed E-state index contributed by atoms with van der Waals surface area (Å²) in [5, 5.41) is 0. The Kier molecular flexibility index (Phi) is 10.3. The number of nitrogens with zero attached hydrogens (tertiary/aromatic N) is 4.